The third-order valence-electron chi connectivity index (χ3n) is 4.80. The lowest BCUT2D eigenvalue weighted by molar-refractivity contribution is -0.105. The Labute approximate surface area is 110 Å². The smallest absolute Gasteiger partial charge is 0.0750 e. The van der Waals surface area contributed by atoms with E-state index in [1.54, 1.807) is 0 Å². The molecule has 0 saturated carbocycles. The summed E-state index contributed by atoms with van der Waals surface area (Å²) in [6, 6.07) is 0. The minimum atomic E-state index is -0.260. The summed E-state index contributed by atoms with van der Waals surface area (Å²) in [5.74, 6) is 0.381. The van der Waals surface area contributed by atoms with Crippen LogP contribution in [-0.2, 0) is 9.47 Å². The number of ether oxygens (including phenoxy) is 2. The molecule has 2 unspecified atom stereocenters. The monoisotopic (exact) mass is 257 g/mol. The molecule has 2 fully saturated rings. The van der Waals surface area contributed by atoms with Crippen LogP contribution in [0.15, 0.2) is 0 Å². The molecule has 2 atom stereocenters. The zero-order valence-electron chi connectivity index (χ0n) is 11.7. The van der Waals surface area contributed by atoms with E-state index in [1.165, 1.54) is 0 Å². The van der Waals surface area contributed by atoms with Crippen molar-refractivity contribution in [2.45, 2.75) is 44.8 Å². The Morgan fingerprint density at radius 2 is 1.72 bits per heavy atom. The summed E-state index contributed by atoms with van der Waals surface area (Å²) in [7, 11) is 0. The molecule has 0 spiro atoms. The molecule has 0 amide bonds. The van der Waals surface area contributed by atoms with Gasteiger partial charge in [0.25, 0.3) is 0 Å². The number of morpholine rings is 1. The van der Waals surface area contributed by atoms with Crippen molar-refractivity contribution in [1.29, 1.82) is 0 Å². The van der Waals surface area contributed by atoms with Crippen molar-refractivity contribution < 1.29 is 14.6 Å². The Kier molecular flexibility index (Phi) is 5.01. The summed E-state index contributed by atoms with van der Waals surface area (Å²) in [5.41, 5.74) is -0.119. The summed E-state index contributed by atoms with van der Waals surface area (Å²) in [6.45, 7) is 9.42. The van der Waals surface area contributed by atoms with Crippen molar-refractivity contribution >= 4 is 0 Å². The van der Waals surface area contributed by atoms with E-state index in [1.807, 2.05) is 0 Å². The van der Waals surface area contributed by atoms with Crippen molar-refractivity contribution in [2.75, 3.05) is 39.5 Å². The average Bonchev–Trinajstić information content (AvgIpc) is 2.47. The lowest BCUT2D eigenvalue weighted by atomic mass is 9.78. The molecule has 0 aliphatic carbocycles. The summed E-state index contributed by atoms with van der Waals surface area (Å²) < 4.78 is 10.8. The highest BCUT2D eigenvalue weighted by Crippen LogP contribution is 2.33. The van der Waals surface area contributed by atoms with Crippen LogP contribution in [0.3, 0.4) is 0 Å². The Morgan fingerprint density at radius 1 is 1.17 bits per heavy atom. The van der Waals surface area contributed by atoms with Crippen molar-refractivity contribution in [3.05, 3.63) is 0 Å². The van der Waals surface area contributed by atoms with E-state index < -0.39 is 0 Å². The molecular formula is C14H27NO3. The van der Waals surface area contributed by atoms with E-state index in [4.69, 9.17) is 9.47 Å². The SMILES string of the molecule is CCC(C)(C(O)C1CCOCC1)N1CCOCC1. The highest BCUT2D eigenvalue weighted by atomic mass is 16.5. The van der Waals surface area contributed by atoms with E-state index in [9.17, 15) is 5.11 Å². The molecule has 2 heterocycles. The lowest BCUT2D eigenvalue weighted by Gasteiger charge is -2.48. The summed E-state index contributed by atoms with van der Waals surface area (Å²) >= 11 is 0. The van der Waals surface area contributed by atoms with E-state index in [2.05, 4.69) is 18.7 Å². The number of hydrogen-bond acceptors (Lipinski definition) is 4. The zero-order valence-corrected chi connectivity index (χ0v) is 11.7. The maximum Gasteiger partial charge on any atom is 0.0750 e. The molecule has 0 aromatic heterocycles. The first-order valence-electron chi connectivity index (χ1n) is 7.27. The van der Waals surface area contributed by atoms with Gasteiger partial charge >= 0.3 is 0 Å². The molecule has 2 saturated heterocycles. The van der Waals surface area contributed by atoms with Crippen LogP contribution >= 0.6 is 0 Å². The lowest BCUT2D eigenvalue weighted by Crippen LogP contribution is -2.60. The minimum absolute atomic E-state index is 0.119. The fourth-order valence-electron chi connectivity index (χ4n) is 3.23. The van der Waals surface area contributed by atoms with E-state index in [0.29, 0.717) is 5.92 Å². The predicted octanol–water partition coefficient (Wildman–Crippen LogP) is 1.27. The van der Waals surface area contributed by atoms with Crippen LogP contribution in [0, 0.1) is 5.92 Å². The zero-order chi connectivity index (χ0) is 13.0. The fraction of sp³-hybridized carbons (Fsp3) is 1.00. The van der Waals surface area contributed by atoms with Gasteiger partial charge in [-0.05, 0) is 32.1 Å². The van der Waals surface area contributed by atoms with Crippen LogP contribution in [0.4, 0.5) is 0 Å². The second-order valence-electron chi connectivity index (χ2n) is 5.70. The number of rotatable bonds is 4. The maximum absolute atomic E-state index is 10.8. The Hall–Kier alpha value is -0.160. The van der Waals surface area contributed by atoms with Gasteiger partial charge < -0.3 is 14.6 Å². The molecule has 0 aromatic rings. The predicted molar refractivity (Wildman–Crippen MR) is 70.6 cm³/mol. The molecule has 2 rings (SSSR count). The Balaban J connectivity index is 2.03. The maximum atomic E-state index is 10.8. The fourth-order valence-corrected chi connectivity index (χ4v) is 3.23. The summed E-state index contributed by atoms with van der Waals surface area (Å²) in [4.78, 5) is 2.41. The largest absolute Gasteiger partial charge is 0.391 e. The van der Waals surface area contributed by atoms with Crippen molar-refractivity contribution in [2.24, 2.45) is 5.92 Å². The summed E-state index contributed by atoms with van der Waals surface area (Å²) in [5, 5.41) is 10.8. The topological polar surface area (TPSA) is 41.9 Å². The van der Waals surface area contributed by atoms with E-state index in [-0.39, 0.29) is 11.6 Å². The van der Waals surface area contributed by atoms with E-state index >= 15 is 0 Å². The number of aliphatic hydroxyl groups is 1. The van der Waals surface area contributed by atoms with Gasteiger partial charge in [-0.3, -0.25) is 4.90 Å². The van der Waals surface area contributed by atoms with Gasteiger partial charge in [0.15, 0.2) is 0 Å². The molecule has 0 aromatic carbocycles. The minimum Gasteiger partial charge on any atom is -0.391 e. The summed E-state index contributed by atoms with van der Waals surface area (Å²) in [6.07, 6.45) is 2.69. The third-order valence-corrected chi connectivity index (χ3v) is 4.80. The number of hydrogen-bond donors (Lipinski definition) is 1. The highest BCUT2D eigenvalue weighted by Gasteiger charge is 2.42. The van der Waals surface area contributed by atoms with Gasteiger partial charge in [-0.15, -0.1) is 0 Å². The van der Waals surface area contributed by atoms with Crippen molar-refractivity contribution in [3.63, 3.8) is 0 Å². The number of aliphatic hydroxyl groups excluding tert-OH is 1. The second-order valence-corrected chi connectivity index (χ2v) is 5.70. The van der Waals surface area contributed by atoms with Crippen LogP contribution in [0.1, 0.15) is 33.1 Å². The molecule has 106 valence electrons. The first-order valence-corrected chi connectivity index (χ1v) is 7.27. The van der Waals surface area contributed by atoms with Gasteiger partial charge in [0.05, 0.1) is 19.3 Å². The Morgan fingerprint density at radius 3 is 2.28 bits per heavy atom. The molecule has 4 heteroatoms. The van der Waals surface area contributed by atoms with Gasteiger partial charge in [0.1, 0.15) is 0 Å². The molecule has 4 nitrogen and oxygen atoms in total. The van der Waals surface area contributed by atoms with Crippen LogP contribution in [0.25, 0.3) is 0 Å². The van der Waals surface area contributed by atoms with Gasteiger partial charge in [0, 0.05) is 31.8 Å². The van der Waals surface area contributed by atoms with E-state index in [0.717, 1.165) is 58.8 Å². The van der Waals surface area contributed by atoms with Crippen LogP contribution in [0.5, 0.6) is 0 Å². The first kappa shape index (κ1) is 14.3. The molecule has 2 aliphatic heterocycles. The molecule has 1 N–H and O–H groups in total. The highest BCUT2D eigenvalue weighted by molar-refractivity contribution is 4.96. The van der Waals surface area contributed by atoms with Gasteiger partial charge in [-0.1, -0.05) is 6.92 Å². The molecule has 18 heavy (non-hydrogen) atoms. The van der Waals surface area contributed by atoms with Crippen molar-refractivity contribution in [1.82, 2.24) is 4.90 Å². The molecule has 0 bridgehead atoms. The molecule has 2 aliphatic rings. The molecule has 0 radical (unpaired) electrons. The standard InChI is InChI=1S/C14H27NO3/c1-3-14(2,15-6-10-18-11-7-15)13(16)12-4-8-17-9-5-12/h12-13,16H,3-11H2,1-2H3. The van der Waals surface area contributed by atoms with Gasteiger partial charge in [0.2, 0.25) is 0 Å². The normalized spacial score (nSPS) is 28.8. The Bertz CT molecular complexity index is 249. The van der Waals surface area contributed by atoms with Gasteiger partial charge in [-0.25, -0.2) is 0 Å². The first-order chi connectivity index (χ1) is 8.68. The molecular weight excluding hydrogens is 230 g/mol. The van der Waals surface area contributed by atoms with Crippen LogP contribution in [-0.4, -0.2) is 61.2 Å². The number of nitrogens with zero attached hydrogens (tertiary/aromatic N) is 1. The quantitative estimate of drug-likeness (QED) is 0.823. The van der Waals surface area contributed by atoms with Crippen LogP contribution < -0.4 is 0 Å². The second kappa shape index (κ2) is 6.33. The average molecular weight is 257 g/mol. The van der Waals surface area contributed by atoms with Crippen molar-refractivity contribution in [3.8, 4) is 0 Å². The third kappa shape index (κ3) is 2.87. The van der Waals surface area contributed by atoms with Crippen LogP contribution in [0.2, 0.25) is 0 Å². The van der Waals surface area contributed by atoms with Gasteiger partial charge in [-0.2, -0.15) is 0 Å².